The Hall–Kier alpha value is -4.33. The zero-order valence-corrected chi connectivity index (χ0v) is 21.6. The Labute approximate surface area is 219 Å². The van der Waals surface area contributed by atoms with Crippen molar-refractivity contribution in [1.29, 1.82) is 0 Å². The van der Waals surface area contributed by atoms with Crippen molar-refractivity contribution < 1.29 is 33.9 Å². The summed E-state index contributed by atoms with van der Waals surface area (Å²) in [6, 6.07) is 5.02. The van der Waals surface area contributed by atoms with Gasteiger partial charge in [0.05, 0.1) is 0 Å². The number of H-pyrrole nitrogens is 1. The Bertz CT molecular complexity index is 1150. The van der Waals surface area contributed by atoms with Gasteiger partial charge in [0.25, 0.3) is 0 Å². The molecule has 2 rings (SSSR count). The average Bonchev–Trinajstić information content (AvgIpc) is 3.21. The Balaban J connectivity index is 2.09. The molecule has 1 aromatic heterocycles. The van der Waals surface area contributed by atoms with E-state index in [0.717, 1.165) is 16.5 Å². The SMILES string of the molecule is CC(C)(C)OC(=O)NOCC(=O)NC(Cc1c[nH]c2ccccc12)C(=O)NC(CCCN=C(N)N)C(=O)O. The number of guanidine groups is 1. The summed E-state index contributed by atoms with van der Waals surface area (Å²) in [5.41, 5.74) is 13.3. The van der Waals surface area contributed by atoms with E-state index in [1.54, 1.807) is 27.0 Å². The Morgan fingerprint density at radius 2 is 1.82 bits per heavy atom. The minimum Gasteiger partial charge on any atom is -0.480 e. The molecule has 38 heavy (non-hydrogen) atoms. The van der Waals surface area contributed by atoms with Crippen LogP contribution in [0.1, 0.15) is 39.2 Å². The molecule has 14 heteroatoms. The van der Waals surface area contributed by atoms with Gasteiger partial charge in [-0.05, 0) is 45.2 Å². The van der Waals surface area contributed by atoms with Crippen LogP contribution in [-0.4, -0.2) is 70.8 Å². The topological polar surface area (TPSA) is 223 Å². The van der Waals surface area contributed by atoms with Crippen LogP contribution in [-0.2, 0) is 30.4 Å². The third-order valence-electron chi connectivity index (χ3n) is 5.07. The van der Waals surface area contributed by atoms with Gasteiger partial charge >= 0.3 is 12.1 Å². The molecule has 1 heterocycles. The largest absolute Gasteiger partial charge is 0.480 e. The molecule has 1 aromatic carbocycles. The Morgan fingerprint density at radius 1 is 1.11 bits per heavy atom. The van der Waals surface area contributed by atoms with Crippen LogP contribution in [0.2, 0.25) is 0 Å². The van der Waals surface area contributed by atoms with Crippen LogP contribution in [0.3, 0.4) is 0 Å². The quantitative estimate of drug-likeness (QED) is 0.0811. The highest BCUT2D eigenvalue weighted by atomic mass is 16.7. The molecule has 0 aliphatic carbocycles. The number of aromatic amines is 1. The highest BCUT2D eigenvalue weighted by molar-refractivity contribution is 5.92. The number of amides is 3. The molecule has 2 atom stereocenters. The number of carbonyl (C=O) groups is 4. The predicted octanol–water partition coefficient (Wildman–Crippen LogP) is 0.275. The van der Waals surface area contributed by atoms with Crippen LogP contribution >= 0.6 is 0 Å². The van der Waals surface area contributed by atoms with E-state index in [1.807, 2.05) is 29.7 Å². The third-order valence-corrected chi connectivity index (χ3v) is 5.07. The van der Waals surface area contributed by atoms with Gasteiger partial charge in [0, 0.05) is 30.1 Å². The number of carboxylic acids is 1. The highest BCUT2D eigenvalue weighted by Gasteiger charge is 2.27. The van der Waals surface area contributed by atoms with Crippen molar-refractivity contribution in [3.05, 3.63) is 36.0 Å². The first-order valence-corrected chi connectivity index (χ1v) is 11.9. The van der Waals surface area contributed by atoms with Crippen LogP contribution in [0.4, 0.5) is 4.79 Å². The number of carbonyl (C=O) groups excluding carboxylic acids is 3. The summed E-state index contributed by atoms with van der Waals surface area (Å²) in [4.78, 5) is 60.9. The van der Waals surface area contributed by atoms with Crippen molar-refractivity contribution in [1.82, 2.24) is 21.1 Å². The van der Waals surface area contributed by atoms with Gasteiger partial charge in [0.1, 0.15) is 17.7 Å². The van der Waals surface area contributed by atoms with Gasteiger partial charge in [-0.25, -0.2) is 9.59 Å². The zero-order valence-electron chi connectivity index (χ0n) is 21.6. The molecule has 0 fully saturated rings. The van der Waals surface area contributed by atoms with Gasteiger partial charge in [-0.1, -0.05) is 18.2 Å². The molecule has 2 aromatic rings. The van der Waals surface area contributed by atoms with Gasteiger partial charge in [0.2, 0.25) is 11.8 Å². The lowest BCUT2D eigenvalue weighted by molar-refractivity contribution is -0.142. The minimum absolute atomic E-state index is 0.0570. The number of nitrogens with one attached hydrogen (secondary N) is 4. The molecule has 9 N–H and O–H groups in total. The first kappa shape index (κ1) is 29.9. The van der Waals surface area contributed by atoms with Gasteiger partial charge < -0.3 is 36.9 Å². The maximum absolute atomic E-state index is 13.1. The molecule has 14 nitrogen and oxygen atoms in total. The van der Waals surface area contributed by atoms with Crippen LogP contribution in [0.5, 0.6) is 0 Å². The monoisotopic (exact) mass is 533 g/mol. The van der Waals surface area contributed by atoms with E-state index >= 15 is 0 Å². The smallest absolute Gasteiger partial charge is 0.431 e. The molecule has 3 amide bonds. The number of para-hydroxylation sites is 1. The molecule has 0 saturated heterocycles. The summed E-state index contributed by atoms with van der Waals surface area (Å²) in [6.45, 7) is 4.58. The number of hydroxylamine groups is 1. The molecule has 2 unspecified atom stereocenters. The molecule has 0 aliphatic rings. The van der Waals surface area contributed by atoms with Gasteiger partial charge in [-0.3, -0.25) is 19.4 Å². The molecular weight excluding hydrogens is 498 g/mol. The number of benzene rings is 1. The van der Waals surface area contributed by atoms with Gasteiger partial charge in [-0.2, -0.15) is 5.48 Å². The predicted molar refractivity (Wildman–Crippen MR) is 139 cm³/mol. The fraction of sp³-hybridized carbons (Fsp3) is 0.458. The second kappa shape index (κ2) is 13.8. The number of rotatable bonds is 13. The summed E-state index contributed by atoms with van der Waals surface area (Å²) < 4.78 is 5.02. The maximum atomic E-state index is 13.1. The lowest BCUT2D eigenvalue weighted by atomic mass is 10.0. The van der Waals surface area contributed by atoms with Gasteiger partial charge in [0.15, 0.2) is 12.6 Å². The van der Waals surface area contributed by atoms with E-state index in [9.17, 15) is 24.3 Å². The van der Waals surface area contributed by atoms with Crippen molar-refractivity contribution in [2.45, 2.75) is 57.7 Å². The molecule has 208 valence electrons. The lowest BCUT2D eigenvalue weighted by Gasteiger charge is -2.22. The van der Waals surface area contributed by atoms with Crippen molar-refractivity contribution in [3.63, 3.8) is 0 Å². The number of carboxylic acid groups (broad SMARTS) is 1. The Morgan fingerprint density at radius 3 is 2.47 bits per heavy atom. The number of aliphatic carboxylic acids is 1. The van der Waals surface area contributed by atoms with Crippen molar-refractivity contribution in [2.75, 3.05) is 13.2 Å². The number of nitrogens with two attached hydrogens (primary N) is 2. The van der Waals surface area contributed by atoms with Gasteiger partial charge in [-0.15, -0.1) is 0 Å². The van der Waals surface area contributed by atoms with E-state index in [1.165, 1.54) is 0 Å². The van der Waals surface area contributed by atoms with E-state index in [4.69, 9.17) is 21.0 Å². The fourth-order valence-electron chi connectivity index (χ4n) is 3.46. The number of nitrogens with zero attached hydrogens (tertiary/aromatic N) is 1. The average molecular weight is 534 g/mol. The number of fused-ring (bicyclic) bond motifs is 1. The summed E-state index contributed by atoms with van der Waals surface area (Å²) in [5.74, 6) is -2.80. The second-order valence-electron chi connectivity index (χ2n) is 9.42. The number of ether oxygens (including phenoxy) is 1. The van der Waals surface area contributed by atoms with Crippen molar-refractivity contribution in [3.8, 4) is 0 Å². The van der Waals surface area contributed by atoms with E-state index in [-0.39, 0.29) is 25.3 Å². The molecular formula is C24H35N7O7. The van der Waals surface area contributed by atoms with Crippen LogP contribution < -0.4 is 27.6 Å². The number of hydrogen-bond donors (Lipinski definition) is 7. The second-order valence-corrected chi connectivity index (χ2v) is 9.42. The summed E-state index contributed by atoms with van der Waals surface area (Å²) in [6.07, 6.45) is 1.25. The van der Waals surface area contributed by atoms with Crippen LogP contribution in [0, 0.1) is 0 Å². The maximum Gasteiger partial charge on any atom is 0.431 e. The van der Waals surface area contributed by atoms with Crippen LogP contribution in [0.25, 0.3) is 10.9 Å². The molecule has 0 aliphatic heterocycles. The number of aromatic nitrogens is 1. The van der Waals surface area contributed by atoms with Crippen molar-refractivity contribution in [2.24, 2.45) is 16.5 Å². The highest BCUT2D eigenvalue weighted by Crippen LogP contribution is 2.19. The standard InChI is InChI=1S/C24H35N7O7/c1-24(2,3)38-23(36)31-37-13-19(32)29-18(11-14-12-28-16-8-5-4-7-15(14)16)20(33)30-17(21(34)35)9-6-10-27-22(25)26/h4-5,7-8,12,17-18,28H,6,9-11,13H2,1-3H3,(H,29,32)(H,30,33)(H,31,36)(H,34,35)(H4,25,26,27). The number of hydrogen-bond acceptors (Lipinski definition) is 7. The normalized spacial score (nSPS) is 12.7. The molecule has 0 bridgehead atoms. The summed E-state index contributed by atoms with van der Waals surface area (Å²) in [5, 5.41) is 15.4. The minimum atomic E-state index is -1.25. The lowest BCUT2D eigenvalue weighted by Crippen LogP contribution is -2.53. The Kier molecular flexibility index (Phi) is 10.9. The van der Waals surface area contributed by atoms with E-state index in [0.29, 0.717) is 6.42 Å². The van der Waals surface area contributed by atoms with E-state index < -0.39 is 48.2 Å². The fourth-order valence-corrected chi connectivity index (χ4v) is 3.46. The summed E-state index contributed by atoms with van der Waals surface area (Å²) >= 11 is 0. The first-order valence-electron chi connectivity index (χ1n) is 11.9. The number of aliphatic imine (C=N–C) groups is 1. The van der Waals surface area contributed by atoms with E-state index in [2.05, 4.69) is 20.6 Å². The molecule has 0 radical (unpaired) electrons. The van der Waals surface area contributed by atoms with Crippen LogP contribution in [0.15, 0.2) is 35.5 Å². The molecule has 0 spiro atoms. The first-order chi connectivity index (χ1) is 17.9. The third kappa shape index (κ3) is 10.3. The zero-order chi connectivity index (χ0) is 28.3. The molecule has 0 saturated carbocycles. The van der Waals surface area contributed by atoms with Crippen molar-refractivity contribution >= 4 is 40.7 Å². The summed E-state index contributed by atoms with van der Waals surface area (Å²) in [7, 11) is 0.